The van der Waals surface area contributed by atoms with E-state index in [-0.39, 0.29) is 18.2 Å². The van der Waals surface area contributed by atoms with Crippen LogP contribution in [0.3, 0.4) is 0 Å². The van der Waals surface area contributed by atoms with Crippen LogP contribution in [0.25, 0.3) is 6.08 Å². The Hall–Kier alpha value is -2.06. The maximum Gasteiger partial charge on any atom is 0.262 e. The lowest BCUT2D eigenvalue weighted by Gasteiger charge is -2.12. The minimum absolute atomic E-state index is 0.00338. The third-order valence-corrected chi connectivity index (χ3v) is 3.77. The van der Waals surface area contributed by atoms with Crippen LogP contribution < -0.4 is 5.32 Å². The van der Waals surface area contributed by atoms with Gasteiger partial charge in [0.15, 0.2) is 0 Å². The average molecular weight is 317 g/mol. The van der Waals surface area contributed by atoms with Crippen molar-refractivity contribution in [3.05, 3.63) is 28.6 Å². The molecule has 0 saturated heterocycles. The standard InChI is InChI=1S/C18H27N3O2/c1-12(2)11-21-14(4)8-16(15(21)5)9-17(10-19)18(23)20-13(3)6-7-22/h8-9,12-13,22H,6-7,11H2,1-5H3,(H,20,23)/b17-9-. The molecule has 1 atom stereocenters. The van der Waals surface area contributed by atoms with Gasteiger partial charge in [0.2, 0.25) is 0 Å². The molecule has 0 saturated carbocycles. The van der Waals surface area contributed by atoms with Crippen LogP contribution in [0.2, 0.25) is 0 Å². The van der Waals surface area contributed by atoms with Gasteiger partial charge in [0.25, 0.3) is 5.91 Å². The van der Waals surface area contributed by atoms with E-state index in [0.29, 0.717) is 12.3 Å². The summed E-state index contributed by atoms with van der Waals surface area (Å²) in [4.78, 5) is 12.2. The summed E-state index contributed by atoms with van der Waals surface area (Å²) in [6.45, 7) is 11.1. The molecule has 0 aromatic carbocycles. The summed E-state index contributed by atoms with van der Waals surface area (Å²) >= 11 is 0. The fourth-order valence-electron chi connectivity index (χ4n) is 2.49. The maximum absolute atomic E-state index is 12.2. The molecular weight excluding hydrogens is 290 g/mol. The van der Waals surface area contributed by atoms with Crippen molar-refractivity contribution in [1.82, 2.24) is 9.88 Å². The summed E-state index contributed by atoms with van der Waals surface area (Å²) in [6.07, 6.45) is 2.10. The second-order valence-electron chi connectivity index (χ2n) is 6.39. The lowest BCUT2D eigenvalue weighted by Crippen LogP contribution is -2.33. The fourth-order valence-corrected chi connectivity index (χ4v) is 2.49. The number of aliphatic hydroxyl groups is 1. The first kappa shape index (κ1) is 19.0. The quantitative estimate of drug-likeness (QED) is 0.599. The summed E-state index contributed by atoms with van der Waals surface area (Å²) in [5.74, 6) is 0.122. The Kier molecular flexibility index (Phi) is 7.05. The highest BCUT2D eigenvalue weighted by Gasteiger charge is 2.15. The zero-order valence-corrected chi connectivity index (χ0v) is 14.7. The van der Waals surface area contributed by atoms with Crippen LogP contribution in [0.4, 0.5) is 0 Å². The van der Waals surface area contributed by atoms with Crippen molar-refractivity contribution < 1.29 is 9.90 Å². The van der Waals surface area contributed by atoms with E-state index in [2.05, 4.69) is 23.7 Å². The first-order valence-electron chi connectivity index (χ1n) is 8.00. The van der Waals surface area contributed by atoms with Crippen molar-refractivity contribution in [2.45, 2.75) is 53.6 Å². The zero-order chi connectivity index (χ0) is 17.6. The number of carbonyl (C=O) groups is 1. The minimum Gasteiger partial charge on any atom is -0.396 e. The van der Waals surface area contributed by atoms with Crippen LogP contribution in [-0.2, 0) is 11.3 Å². The van der Waals surface area contributed by atoms with Gasteiger partial charge in [0, 0.05) is 30.6 Å². The van der Waals surface area contributed by atoms with Gasteiger partial charge >= 0.3 is 0 Å². The smallest absolute Gasteiger partial charge is 0.262 e. The van der Waals surface area contributed by atoms with E-state index in [4.69, 9.17) is 5.11 Å². The number of aliphatic hydroxyl groups excluding tert-OH is 1. The highest BCUT2D eigenvalue weighted by atomic mass is 16.3. The number of nitrogens with one attached hydrogen (secondary N) is 1. The molecule has 126 valence electrons. The molecule has 23 heavy (non-hydrogen) atoms. The molecule has 1 heterocycles. The monoisotopic (exact) mass is 317 g/mol. The summed E-state index contributed by atoms with van der Waals surface area (Å²) in [6, 6.07) is 3.80. The van der Waals surface area contributed by atoms with E-state index in [9.17, 15) is 10.1 Å². The molecule has 1 unspecified atom stereocenters. The van der Waals surface area contributed by atoms with Crippen LogP contribution in [0.1, 0.15) is 44.1 Å². The van der Waals surface area contributed by atoms with Crippen LogP contribution in [0.5, 0.6) is 0 Å². The minimum atomic E-state index is -0.401. The molecule has 1 aromatic heterocycles. The third-order valence-electron chi connectivity index (χ3n) is 3.77. The molecule has 0 aliphatic heterocycles. The molecule has 1 aromatic rings. The Labute approximate surface area is 138 Å². The van der Waals surface area contributed by atoms with E-state index in [1.54, 1.807) is 13.0 Å². The topological polar surface area (TPSA) is 78.1 Å². The van der Waals surface area contributed by atoms with Gasteiger partial charge in [-0.25, -0.2) is 0 Å². The molecular formula is C18H27N3O2. The maximum atomic E-state index is 12.2. The van der Waals surface area contributed by atoms with Crippen LogP contribution >= 0.6 is 0 Å². The van der Waals surface area contributed by atoms with Crippen molar-refractivity contribution in [3.63, 3.8) is 0 Å². The number of carbonyl (C=O) groups excluding carboxylic acids is 1. The van der Waals surface area contributed by atoms with Crippen molar-refractivity contribution in [2.75, 3.05) is 6.61 Å². The number of nitriles is 1. The number of rotatable bonds is 7. The normalized spacial score (nSPS) is 13.0. The molecule has 0 aliphatic carbocycles. The van der Waals surface area contributed by atoms with Gasteiger partial charge < -0.3 is 15.0 Å². The predicted octanol–water partition coefficient (Wildman–Crippen LogP) is 2.56. The number of amides is 1. The molecule has 1 rings (SSSR count). The van der Waals surface area contributed by atoms with Gasteiger partial charge in [-0.05, 0) is 50.8 Å². The Morgan fingerprint density at radius 2 is 2.09 bits per heavy atom. The highest BCUT2D eigenvalue weighted by Crippen LogP contribution is 2.19. The van der Waals surface area contributed by atoms with Gasteiger partial charge in [-0.2, -0.15) is 5.26 Å². The van der Waals surface area contributed by atoms with Crippen molar-refractivity contribution in [2.24, 2.45) is 5.92 Å². The Bertz CT molecular complexity index is 621. The Morgan fingerprint density at radius 3 is 2.61 bits per heavy atom. The van der Waals surface area contributed by atoms with Gasteiger partial charge in [-0.15, -0.1) is 0 Å². The first-order valence-corrected chi connectivity index (χ1v) is 8.00. The van der Waals surface area contributed by atoms with Gasteiger partial charge in [-0.1, -0.05) is 13.8 Å². The third kappa shape index (κ3) is 5.26. The number of hydrogen-bond acceptors (Lipinski definition) is 3. The first-order chi connectivity index (χ1) is 10.8. The molecule has 5 heteroatoms. The molecule has 0 aliphatic rings. The largest absolute Gasteiger partial charge is 0.396 e. The van der Waals surface area contributed by atoms with Crippen LogP contribution in [-0.4, -0.2) is 28.2 Å². The predicted molar refractivity (Wildman–Crippen MR) is 91.6 cm³/mol. The van der Waals surface area contributed by atoms with Crippen LogP contribution in [0, 0.1) is 31.1 Å². The molecule has 0 spiro atoms. The lowest BCUT2D eigenvalue weighted by molar-refractivity contribution is -0.117. The zero-order valence-electron chi connectivity index (χ0n) is 14.7. The molecule has 0 bridgehead atoms. The van der Waals surface area contributed by atoms with Gasteiger partial charge in [0.1, 0.15) is 11.6 Å². The van der Waals surface area contributed by atoms with Gasteiger partial charge in [0.05, 0.1) is 0 Å². The number of nitrogens with zero attached hydrogens (tertiary/aromatic N) is 2. The van der Waals surface area contributed by atoms with E-state index in [1.165, 1.54) is 0 Å². The SMILES string of the molecule is Cc1cc(/C=C(/C#N)C(=O)NC(C)CCO)c(C)n1CC(C)C. The number of aromatic nitrogens is 1. The Morgan fingerprint density at radius 1 is 1.43 bits per heavy atom. The second-order valence-corrected chi connectivity index (χ2v) is 6.39. The van der Waals surface area contributed by atoms with E-state index < -0.39 is 5.91 Å². The summed E-state index contributed by atoms with van der Waals surface area (Å²) in [7, 11) is 0. The van der Waals surface area contributed by atoms with E-state index in [1.807, 2.05) is 26.0 Å². The lowest BCUT2D eigenvalue weighted by atomic mass is 10.1. The second kappa shape index (κ2) is 8.54. The Balaban J connectivity index is 3.03. The summed E-state index contributed by atoms with van der Waals surface area (Å²) < 4.78 is 2.21. The number of aryl methyl sites for hydroxylation is 1. The molecule has 0 radical (unpaired) electrons. The summed E-state index contributed by atoms with van der Waals surface area (Å²) in [5.41, 5.74) is 3.15. The van der Waals surface area contributed by atoms with Crippen molar-refractivity contribution in [1.29, 1.82) is 5.26 Å². The molecule has 0 fully saturated rings. The van der Waals surface area contributed by atoms with E-state index in [0.717, 1.165) is 23.5 Å². The molecule has 1 amide bonds. The molecule has 5 nitrogen and oxygen atoms in total. The van der Waals surface area contributed by atoms with Crippen molar-refractivity contribution in [3.8, 4) is 6.07 Å². The van der Waals surface area contributed by atoms with E-state index >= 15 is 0 Å². The highest BCUT2D eigenvalue weighted by molar-refractivity contribution is 6.01. The molecule has 2 N–H and O–H groups in total. The average Bonchev–Trinajstić information content (AvgIpc) is 2.71. The number of hydrogen-bond donors (Lipinski definition) is 2. The fraction of sp³-hybridized carbons (Fsp3) is 0.556. The summed E-state index contributed by atoms with van der Waals surface area (Å²) in [5, 5.41) is 20.9. The van der Waals surface area contributed by atoms with Gasteiger partial charge in [-0.3, -0.25) is 4.79 Å². The van der Waals surface area contributed by atoms with Crippen molar-refractivity contribution >= 4 is 12.0 Å². The van der Waals surface area contributed by atoms with Crippen LogP contribution in [0.15, 0.2) is 11.6 Å².